The lowest BCUT2D eigenvalue weighted by Crippen LogP contribution is -2.18. The number of carbonyl (C=O) groups is 1. The van der Waals surface area contributed by atoms with Crippen LogP contribution in [0.3, 0.4) is 0 Å². The Kier molecular flexibility index (Phi) is 6.93. The molecule has 0 heterocycles. The summed E-state index contributed by atoms with van der Waals surface area (Å²) in [6.07, 6.45) is 18.8. The summed E-state index contributed by atoms with van der Waals surface area (Å²) in [6.45, 7) is 6.87. The first-order valence-corrected chi connectivity index (χ1v) is 7.43. The third kappa shape index (κ3) is 5.99. The molecule has 0 spiro atoms. The molecule has 114 valence electrons. The van der Waals surface area contributed by atoms with Crippen LogP contribution < -0.4 is 0 Å². The Bertz CT molecular complexity index is 500. The molecule has 0 bridgehead atoms. The van der Waals surface area contributed by atoms with E-state index in [0.29, 0.717) is 0 Å². The maximum Gasteiger partial charge on any atom is 0.330 e. The largest absolute Gasteiger partial charge is 0.466 e. The van der Waals surface area contributed by atoms with Crippen LogP contribution in [0, 0.1) is 5.41 Å². The van der Waals surface area contributed by atoms with Gasteiger partial charge in [-0.1, -0.05) is 62.0 Å². The van der Waals surface area contributed by atoms with E-state index in [1.807, 2.05) is 18.2 Å². The van der Waals surface area contributed by atoms with Gasteiger partial charge in [-0.15, -0.1) is 0 Å². The summed E-state index contributed by atoms with van der Waals surface area (Å²) in [5.74, 6) is -0.342. The van der Waals surface area contributed by atoms with Crippen LogP contribution in [0.15, 0.2) is 59.8 Å². The zero-order valence-corrected chi connectivity index (χ0v) is 13.6. The predicted molar refractivity (Wildman–Crippen MR) is 88.9 cm³/mol. The average Bonchev–Trinajstić information content (AvgIpc) is 2.43. The van der Waals surface area contributed by atoms with Gasteiger partial charge in [0.05, 0.1) is 7.11 Å². The number of methoxy groups -OCH3 is 1. The highest BCUT2D eigenvalue weighted by atomic mass is 16.5. The van der Waals surface area contributed by atoms with Crippen molar-refractivity contribution in [3.63, 3.8) is 0 Å². The molecular weight excluding hydrogens is 260 g/mol. The maximum atomic E-state index is 10.8. The Hall–Kier alpha value is -1.83. The van der Waals surface area contributed by atoms with Crippen molar-refractivity contribution in [3.8, 4) is 0 Å². The van der Waals surface area contributed by atoms with Gasteiger partial charge in [-0.2, -0.15) is 0 Å². The van der Waals surface area contributed by atoms with Crippen molar-refractivity contribution in [2.24, 2.45) is 5.41 Å². The van der Waals surface area contributed by atoms with Crippen LogP contribution >= 0.6 is 0 Å². The molecule has 1 aliphatic rings. The van der Waals surface area contributed by atoms with E-state index in [1.165, 1.54) is 43.6 Å². The molecule has 0 fully saturated rings. The van der Waals surface area contributed by atoms with Gasteiger partial charge in [0.1, 0.15) is 0 Å². The second-order valence-corrected chi connectivity index (χ2v) is 5.94. The number of esters is 1. The van der Waals surface area contributed by atoms with E-state index in [-0.39, 0.29) is 11.4 Å². The van der Waals surface area contributed by atoms with Gasteiger partial charge < -0.3 is 4.74 Å². The zero-order chi connectivity index (χ0) is 15.7. The summed E-state index contributed by atoms with van der Waals surface area (Å²) in [6, 6.07) is 0. The molecule has 0 N–H and O–H groups in total. The van der Waals surface area contributed by atoms with E-state index < -0.39 is 0 Å². The van der Waals surface area contributed by atoms with E-state index in [9.17, 15) is 4.79 Å². The van der Waals surface area contributed by atoms with Crippen LogP contribution in [0.2, 0.25) is 0 Å². The minimum atomic E-state index is -0.342. The van der Waals surface area contributed by atoms with Gasteiger partial charge in [0, 0.05) is 6.08 Å². The van der Waals surface area contributed by atoms with Gasteiger partial charge in [0.25, 0.3) is 0 Å². The highest BCUT2D eigenvalue weighted by Crippen LogP contribution is 2.40. The number of hydrogen-bond donors (Lipinski definition) is 0. The first-order valence-electron chi connectivity index (χ1n) is 7.43. The highest BCUT2D eigenvalue weighted by molar-refractivity contribution is 5.82. The Morgan fingerprint density at radius 2 is 1.71 bits per heavy atom. The third-order valence-electron chi connectivity index (χ3n) is 3.79. The van der Waals surface area contributed by atoms with E-state index in [1.54, 1.807) is 12.2 Å². The third-order valence-corrected chi connectivity index (χ3v) is 3.79. The van der Waals surface area contributed by atoms with Crippen LogP contribution in [-0.2, 0) is 9.53 Å². The maximum absolute atomic E-state index is 10.8. The monoisotopic (exact) mass is 286 g/mol. The number of carbonyl (C=O) groups excluding carboxylic acids is 1. The standard InChI is InChI=1S/C19H26O2/c1-16-12-11-15-19(2,3)17(16)13-9-7-5-6-8-10-14-18(20)21-4/h5-10,13-14H,11-12,15H2,1-4H3/b7-5+,8-6+,13-9+,14-10+. The summed E-state index contributed by atoms with van der Waals surface area (Å²) in [7, 11) is 1.37. The second-order valence-electron chi connectivity index (χ2n) is 5.94. The molecule has 0 amide bonds. The molecule has 1 aliphatic carbocycles. The number of hydrogen-bond acceptors (Lipinski definition) is 2. The normalized spacial score (nSPS) is 19.4. The van der Waals surface area contributed by atoms with Gasteiger partial charge in [-0.05, 0) is 37.2 Å². The molecular formula is C19H26O2. The summed E-state index contributed by atoms with van der Waals surface area (Å²) in [4.78, 5) is 10.8. The summed E-state index contributed by atoms with van der Waals surface area (Å²) >= 11 is 0. The minimum Gasteiger partial charge on any atom is -0.466 e. The fourth-order valence-corrected chi connectivity index (χ4v) is 2.62. The zero-order valence-electron chi connectivity index (χ0n) is 13.6. The van der Waals surface area contributed by atoms with Crippen molar-refractivity contribution in [1.29, 1.82) is 0 Å². The fourth-order valence-electron chi connectivity index (χ4n) is 2.62. The van der Waals surface area contributed by atoms with E-state index in [4.69, 9.17) is 0 Å². The molecule has 0 saturated heterocycles. The first-order chi connectivity index (χ1) is 9.97. The lowest BCUT2D eigenvalue weighted by Gasteiger charge is -2.32. The van der Waals surface area contributed by atoms with Crippen molar-refractivity contribution in [1.82, 2.24) is 0 Å². The Balaban J connectivity index is 2.54. The summed E-state index contributed by atoms with van der Waals surface area (Å²) in [5.41, 5.74) is 3.26. The molecule has 0 aromatic rings. The molecule has 0 radical (unpaired) electrons. The van der Waals surface area contributed by atoms with E-state index in [0.717, 1.165) is 0 Å². The molecule has 0 atom stereocenters. The lowest BCUT2D eigenvalue weighted by molar-refractivity contribution is -0.134. The summed E-state index contributed by atoms with van der Waals surface area (Å²) < 4.78 is 4.50. The van der Waals surface area contributed by atoms with Gasteiger partial charge >= 0.3 is 5.97 Å². The SMILES string of the molecule is COC(=O)/C=C/C=C/C=C/C=C/C1=C(C)CCCC1(C)C. The van der Waals surface area contributed by atoms with Crippen molar-refractivity contribution in [2.45, 2.75) is 40.0 Å². The minimum absolute atomic E-state index is 0.283. The molecule has 0 aromatic carbocycles. The van der Waals surface area contributed by atoms with Crippen LogP contribution in [0.1, 0.15) is 40.0 Å². The van der Waals surface area contributed by atoms with Gasteiger partial charge in [0.15, 0.2) is 0 Å². The lowest BCUT2D eigenvalue weighted by atomic mass is 9.73. The van der Waals surface area contributed by atoms with Crippen LogP contribution in [-0.4, -0.2) is 13.1 Å². The van der Waals surface area contributed by atoms with Gasteiger partial charge in [-0.3, -0.25) is 0 Å². The molecule has 0 aliphatic heterocycles. The molecule has 0 aromatic heterocycles. The topological polar surface area (TPSA) is 26.3 Å². The van der Waals surface area contributed by atoms with E-state index in [2.05, 4.69) is 37.7 Å². The Morgan fingerprint density at radius 1 is 1.10 bits per heavy atom. The molecule has 2 heteroatoms. The molecule has 1 rings (SSSR count). The van der Waals surface area contributed by atoms with Crippen molar-refractivity contribution in [2.75, 3.05) is 7.11 Å². The molecule has 0 saturated carbocycles. The van der Waals surface area contributed by atoms with Gasteiger partial charge in [-0.25, -0.2) is 4.79 Å². The average molecular weight is 286 g/mol. The van der Waals surface area contributed by atoms with Crippen LogP contribution in [0.25, 0.3) is 0 Å². The number of rotatable bonds is 5. The van der Waals surface area contributed by atoms with Crippen molar-refractivity contribution >= 4 is 5.97 Å². The van der Waals surface area contributed by atoms with Crippen LogP contribution in [0.5, 0.6) is 0 Å². The van der Waals surface area contributed by atoms with Crippen molar-refractivity contribution in [3.05, 3.63) is 59.8 Å². The number of allylic oxidation sites excluding steroid dienone is 9. The highest BCUT2D eigenvalue weighted by Gasteiger charge is 2.26. The Morgan fingerprint density at radius 3 is 2.33 bits per heavy atom. The van der Waals surface area contributed by atoms with Gasteiger partial charge in [0.2, 0.25) is 0 Å². The Labute approximate surface area is 128 Å². The fraction of sp³-hybridized carbons (Fsp3) is 0.421. The quantitative estimate of drug-likeness (QED) is 0.408. The smallest absolute Gasteiger partial charge is 0.330 e. The molecule has 21 heavy (non-hydrogen) atoms. The summed E-state index contributed by atoms with van der Waals surface area (Å²) in [5, 5.41) is 0. The van der Waals surface area contributed by atoms with E-state index >= 15 is 0 Å². The second kappa shape index (κ2) is 8.46. The molecule has 2 nitrogen and oxygen atoms in total. The molecule has 0 unspecified atom stereocenters. The van der Waals surface area contributed by atoms with Crippen LogP contribution in [0.4, 0.5) is 0 Å². The predicted octanol–water partition coefficient (Wildman–Crippen LogP) is 4.91. The van der Waals surface area contributed by atoms with Crippen molar-refractivity contribution < 1.29 is 9.53 Å². The number of ether oxygens (including phenoxy) is 1. The first kappa shape index (κ1) is 17.2.